The number of likely N-dealkylation sites (tertiary alicyclic amines) is 1. The van der Waals surface area contributed by atoms with Crippen LogP contribution in [0.5, 0.6) is 5.75 Å². The number of para-hydroxylation sites is 1. The van der Waals surface area contributed by atoms with Gasteiger partial charge in [0.15, 0.2) is 0 Å². The first-order valence-electron chi connectivity index (χ1n) is 8.84. The Bertz CT molecular complexity index is 535. The van der Waals surface area contributed by atoms with Crippen molar-refractivity contribution in [2.24, 2.45) is 0 Å². The average molecular weight is 334 g/mol. The van der Waals surface area contributed by atoms with Crippen molar-refractivity contribution < 1.29 is 14.6 Å². The number of methoxy groups -OCH3 is 1. The summed E-state index contributed by atoms with van der Waals surface area (Å²) in [5.41, 5.74) is 1.000. The molecule has 0 bridgehead atoms. The van der Waals surface area contributed by atoms with Gasteiger partial charge in [-0.25, -0.2) is 0 Å². The van der Waals surface area contributed by atoms with E-state index in [4.69, 9.17) is 4.74 Å². The monoisotopic (exact) mass is 334 g/mol. The van der Waals surface area contributed by atoms with Crippen molar-refractivity contribution in [3.8, 4) is 5.75 Å². The first-order valence-corrected chi connectivity index (χ1v) is 8.84. The van der Waals surface area contributed by atoms with Gasteiger partial charge in [0.25, 0.3) is 0 Å². The number of hydrogen-bond acceptors (Lipinski definition) is 4. The van der Waals surface area contributed by atoms with E-state index in [0.29, 0.717) is 13.1 Å². The Kier molecular flexibility index (Phi) is 7.06. The van der Waals surface area contributed by atoms with E-state index in [1.807, 2.05) is 38.2 Å². The van der Waals surface area contributed by atoms with E-state index in [-0.39, 0.29) is 18.1 Å². The molecule has 1 saturated heterocycles. The SMILES string of the molecule is CCC(O)C1CCCCN1CC(=O)N(C)Cc1ccccc1OC. The molecule has 2 rings (SSSR count). The lowest BCUT2D eigenvalue weighted by molar-refractivity contribution is -0.133. The molecule has 2 unspecified atom stereocenters. The van der Waals surface area contributed by atoms with Gasteiger partial charge in [0.1, 0.15) is 5.75 Å². The highest BCUT2D eigenvalue weighted by Crippen LogP contribution is 2.22. The molecule has 0 aromatic heterocycles. The van der Waals surface area contributed by atoms with E-state index in [0.717, 1.165) is 43.5 Å². The molecule has 5 nitrogen and oxygen atoms in total. The van der Waals surface area contributed by atoms with Crippen LogP contribution in [0.2, 0.25) is 0 Å². The fourth-order valence-electron chi connectivity index (χ4n) is 3.39. The topological polar surface area (TPSA) is 53.0 Å². The Morgan fingerprint density at radius 1 is 1.42 bits per heavy atom. The summed E-state index contributed by atoms with van der Waals surface area (Å²) in [6.45, 7) is 3.77. The summed E-state index contributed by atoms with van der Waals surface area (Å²) < 4.78 is 5.36. The molecule has 1 N–H and O–H groups in total. The second-order valence-electron chi connectivity index (χ2n) is 6.57. The van der Waals surface area contributed by atoms with Crippen molar-refractivity contribution >= 4 is 5.91 Å². The van der Waals surface area contributed by atoms with Crippen molar-refractivity contribution in [1.29, 1.82) is 0 Å². The number of amides is 1. The van der Waals surface area contributed by atoms with Crippen molar-refractivity contribution in [2.75, 3.05) is 27.2 Å². The molecule has 1 fully saturated rings. The Labute approximate surface area is 145 Å². The van der Waals surface area contributed by atoms with Gasteiger partial charge >= 0.3 is 0 Å². The molecule has 0 radical (unpaired) electrons. The number of ether oxygens (including phenoxy) is 1. The molecule has 1 aromatic rings. The number of carbonyl (C=O) groups excluding carboxylic acids is 1. The van der Waals surface area contributed by atoms with Crippen LogP contribution in [0, 0.1) is 0 Å². The molecule has 1 amide bonds. The molecule has 1 aromatic carbocycles. The molecule has 24 heavy (non-hydrogen) atoms. The van der Waals surface area contributed by atoms with Crippen LogP contribution in [0.25, 0.3) is 0 Å². The van der Waals surface area contributed by atoms with E-state index in [1.165, 1.54) is 0 Å². The van der Waals surface area contributed by atoms with Crippen LogP contribution in [0.4, 0.5) is 0 Å². The lowest BCUT2D eigenvalue weighted by Crippen LogP contribution is -2.50. The summed E-state index contributed by atoms with van der Waals surface area (Å²) in [6.07, 6.45) is 3.57. The molecule has 0 saturated carbocycles. The first kappa shape index (κ1) is 18.7. The number of aliphatic hydroxyl groups excluding tert-OH is 1. The largest absolute Gasteiger partial charge is 0.496 e. The molecule has 5 heteroatoms. The maximum Gasteiger partial charge on any atom is 0.236 e. The van der Waals surface area contributed by atoms with Crippen LogP contribution in [0.1, 0.15) is 38.2 Å². The second-order valence-corrected chi connectivity index (χ2v) is 6.57. The highest BCUT2D eigenvalue weighted by Gasteiger charge is 2.29. The van der Waals surface area contributed by atoms with Gasteiger partial charge in [0.2, 0.25) is 5.91 Å². The highest BCUT2D eigenvalue weighted by molar-refractivity contribution is 5.78. The quantitative estimate of drug-likeness (QED) is 0.831. The third-order valence-electron chi connectivity index (χ3n) is 4.89. The van der Waals surface area contributed by atoms with Gasteiger partial charge in [-0.2, -0.15) is 0 Å². The molecule has 0 spiro atoms. The normalized spacial score (nSPS) is 19.8. The van der Waals surface area contributed by atoms with Crippen LogP contribution >= 0.6 is 0 Å². The zero-order valence-corrected chi connectivity index (χ0v) is 15.1. The van der Waals surface area contributed by atoms with Crippen LogP contribution in [0.15, 0.2) is 24.3 Å². The van der Waals surface area contributed by atoms with Crippen molar-refractivity contribution in [1.82, 2.24) is 9.80 Å². The van der Waals surface area contributed by atoms with Gasteiger partial charge in [-0.1, -0.05) is 31.5 Å². The van der Waals surface area contributed by atoms with Crippen LogP contribution in [-0.2, 0) is 11.3 Å². The van der Waals surface area contributed by atoms with E-state index in [1.54, 1.807) is 12.0 Å². The minimum absolute atomic E-state index is 0.0797. The molecule has 0 aliphatic carbocycles. The van der Waals surface area contributed by atoms with E-state index < -0.39 is 0 Å². The zero-order chi connectivity index (χ0) is 17.5. The number of rotatable bonds is 7. The van der Waals surface area contributed by atoms with Gasteiger partial charge in [-0.05, 0) is 31.9 Å². The third-order valence-corrected chi connectivity index (χ3v) is 4.89. The van der Waals surface area contributed by atoms with Crippen LogP contribution < -0.4 is 4.74 Å². The van der Waals surface area contributed by atoms with Gasteiger partial charge in [0, 0.05) is 25.2 Å². The van der Waals surface area contributed by atoms with Crippen molar-refractivity contribution in [3.05, 3.63) is 29.8 Å². The fraction of sp³-hybridized carbons (Fsp3) is 0.632. The summed E-state index contributed by atoms with van der Waals surface area (Å²) in [5, 5.41) is 10.2. The minimum atomic E-state index is -0.349. The summed E-state index contributed by atoms with van der Waals surface area (Å²) >= 11 is 0. The van der Waals surface area contributed by atoms with Gasteiger partial charge < -0.3 is 14.7 Å². The van der Waals surface area contributed by atoms with E-state index in [2.05, 4.69) is 4.90 Å². The Morgan fingerprint density at radius 2 is 2.17 bits per heavy atom. The fourth-order valence-corrected chi connectivity index (χ4v) is 3.39. The standard InChI is InChI=1S/C19H30N2O3/c1-4-17(22)16-10-7-8-12-21(16)14-19(23)20(2)13-15-9-5-6-11-18(15)24-3/h5-6,9,11,16-17,22H,4,7-8,10,12-14H2,1-3H3. The molecule has 1 aliphatic heterocycles. The van der Waals surface area contributed by atoms with Gasteiger partial charge in [-0.15, -0.1) is 0 Å². The highest BCUT2D eigenvalue weighted by atomic mass is 16.5. The molecule has 1 heterocycles. The van der Waals surface area contributed by atoms with E-state index >= 15 is 0 Å². The molecule has 1 aliphatic rings. The van der Waals surface area contributed by atoms with E-state index in [9.17, 15) is 9.90 Å². The average Bonchev–Trinajstić information content (AvgIpc) is 2.61. The Morgan fingerprint density at radius 3 is 2.88 bits per heavy atom. The maximum atomic E-state index is 12.6. The third kappa shape index (κ3) is 4.71. The summed E-state index contributed by atoms with van der Waals surface area (Å²) in [5.74, 6) is 0.880. The minimum Gasteiger partial charge on any atom is -0.496 e. The first-order chi connectivity index (χ1) is 11.6. The van der Waals surface area contributed by atoms with Crippen LogP contribution in [0.3, 0.4) is 0 Å². The molecular formula is C19H30N2O3. The Hall–Kier alpha value is -1.59. The van der Waals surface area contributed by atoms with Gasteiger partial charge in [-0.3, -0.25) is 9.69 Å². The number of hydrogen-bond donors (Lipinski definition) is 1. The van der Waals surface area contributed by atoms with Gasteiger partial charge in [0.05, 0.1) is 19.8 Å². The maximum absolute atomic E-state index is 12.6. The Balaban J connectivity index is 1.97. The summed E-state index contributed by atoms with van der Waals surface area (Å²) in [4.78, 5) is 16.5. The number of carbonyl (C=O) groups is 1. The lowest BCUT2D eigenvalue weighted by atomic mass is 9.96. The number of nitrogens with zero attached hydrogens (tertiary/aromatic N) is 2. The number of likely N-dealkylation sites (N-methyl/N-ethyl adjacent to an activating group) is 1. The summed E-state index contributed by atoms with van der Waals surface area (Å²) in [7, 11) is 3.47. The van der Waals surface area contributed by atoms with Crippen LogP contribution in [-0.4, -0.2) is 60.2 Å². The second kappa shape index (κ2) is 9.04. The predicted octanol–water partition coefficient (Wildman–Crippen LogP) is 2.28. The lowest BCUT2D eigenvalue weighted by Gasteiger charge is -2.38. The number of aliphatic hydroxyl groups is 1. The predicted molar refractivity (Wildman–Crippen MR) is 95.0 cm³/mol. The van der Waals surface area contributed by atoms with Crippen molar-refractivity contribution in [2.45, 2.75) is 51.3 Å². The molecule has 2 atom stereocenters. The zero-order valence-electron chi connectivity index (χ0n) is 15.1. The smallest absolute Gasteiger partial charge is 0.236 e. The van der Waals surface area contributed by atoms with Crippen molar-refractivity contribution in [3.63, 3.8) is 0 Å². The molecular weight excluding hydrogens is 304 g/mol. The summed E-state index contributed by atoms with van der Waals surface area (Å²) in [6, 6.07) is 7.87. The number of piperidine rings is 1. The number of benzene rings is 1. The molecule has 134 valence electrons.